The second-order valence-electron chi connectivity index (χ2n) is 5.73. The SMILES string of the molecule is CC1(C)CCN(C(=O)[C@@H]2CC[C@H](CN)O2)C1.Cl. The van der Waals surface area contributed by atoms with Gasteiger partial charge in [-0.05, 0) is 24.7 Å². The number of halogens is 1. The standard InChI is InChI=1S/C12H22N2O2.ClH/c1-12(2)5-6-14(8-12)11(15)10-4-3-9(7-13)16-10;/h9-10H,3-8,13H2,1-2H3;1H/t9-,10+;/m1./s1. The van der Waals surface area contributed by atoms with Gasteiger partial charge in [-0.1, -0.05) is 13.8 Å². The third-order valence-corrected chi connectivity index (χ3v) is 3.63. The molecule has 4 nitrogen and oxygen atoms in total. The van der Waals surface area contributed by atoms with Crippen molar-refractivity contribution in [2.45, 2.75) is 45.3 Å². The van der Waals surface area contributed by atoms with E-state index in [1.807, 2.05) is 4.90 Å². The van der Waals surface area contributed by atoms with Gasteiger partial charge in [0.05, 0.1) is 6.10 Å². The van der Waals surface area contributed by atoms with Crippen molar-refractivity contribution in [2.75, 3.05) is 19.6 Å². The van der Waals surface area contributed by atoms with Crippen LogP contribution >= 0.6 is 12.4 Å². The molecule has 0 bridgehead atoms. The van der Waals surface area contributed by atoms with Crippen molar-refractivity contribution >= 4 is 18.3 Å². The topological polar surface area (TPSA) is 55.6 Å². The van der Waals surface area contributed by atoms with Crippen LogP contribution in [0, 0.1) is 5.41 Å². The van der Waals surface area contributed by atoms with Crippen molar-refractivity contribution in [3.63, 3.8) is 0 Å². The summed E-state index contributed by atoms with van der Waals surface area (Å²) in [4.78, 5) is 14.1. The molecule has 0 aliphatic carbocycles. The Morgan fingerprint density at radius 3 is 2.65 bits per heavy atom. The first kappa shape index (κ1) is 14.7. The van der Waals surface area contributed by atoms with Gasteiger partial charge in [0, 0.05) is 19.6 Å². The first-order valence-electron chi connectivity index (χ1n) is 6.16. The molecule has 2 atom stereocenters. The maximum Gasteiger partial charge on any atom is 0.251 e. The van der Waals surface area contributed by atoms with Gasteiger partial charge in [-0.3, -0.25) is 4.79 Å². The van der Waals surface area contributed by atoms with Gasteiger partial charge in [-0.15, -0.1) is 12.4 Å². The monoisotopic (exact) mass is 262 g/mol. The van der Waals surface area contributed by atoms with Gasteiger partial charge >= 0.3 is 0 Å². The summed E-state index contributed by atoms with van der Waals surface area (Å²) in [5.41, 5.74) is 5.81. The van der Waals surface area contributed by atoms with E-state index in [2.05, 4.69) is 13.8 Å². The smallest absolute Gasteiger partial charge is 0.251 e. The van der Waals surface area contributed by atoms with Crippen LogP contribution in [0.4, 0.5) is 0 Å². The fourth-order valence-electron chi connectivity index (χ4n) is 2.56. The van der Waals surface area contributed by atoms with E-state index in [0.29, 0.717) is 6.54 Å². The molecule has 2 saturated heterocycles. The number of rotatable bonds is 2. The fourth-order valence-corrected chi connectivity index (χ4v) is 2.56. The summed E-state index contributed by atoms with van der Waals surface area (Å²) in [6, 6.07) is 0. The first-order chi connectivity index (χ1) is 7.52. The Labute approximate surface area is 109 Å². The number of hydrogen-bond donors (Lipinski definition) is 1. The maximum absolute atomic E-state index is 12.2. The molecule has 2 fully saturated rings. The van der Waals surface area contributed by atoms with E-state index in [-0.39, 0.29) is 35.9 Å². The molecule has 2 aliphatic heterocycles. The largest absolute Gasteiger partial charge is 0.364 e. The zero-order chi connectivity index (χ0) is 11.8. The van der Waals surface area contributed by atoms with Gasteiger partial charge in [0.1, 0.15) is 6.10 Å². The Morgan fingerprint density at radius 2 is 2.18 bits per heavy atom. The van der Waals surface area contributed by atoms with Crippen LogP contribution in [-0.4, -0.2) is 42.6 Å². The highest BCUT2D eigenvalue weighted by Gasteiger charge is 2.38. The highest BCUT2D eigenvalue weighted by Crippen LogP contribution is 2.31. The molecule has 5 heteroatoms. The maximum atomic E-state index is 12.2. The minimum Gasteiger partial charge on any atom is -0.364 e. The molecular weight excluding hydrogens is 240 g/mol. The highest BCUT2D eigenvalue weighted by molar-refractivity contribution is 5.85. The highest BCUT2D eigenvalue weighted by atomic mass is 35.5. The van der Waals surface area contributed by atoms with E-state index >= 15 is 0 Å². The van der Waals surface area contributed by atoms with Gasteiger partial charge in [0.25, 0.3) is 5.91 Å². The predicted molar refractivity (Wildman–Crippen MR) is 69.2 cm³/mol. The Hall–Kier alpha value is -0.320. The molecule has 0 unspecified atom stereocenters. The van der Waals surface area contributed by atoms with Gasteiger partial charge < -0.3 is 15.4 Å². The summed E-state index contributed by atoms with van der Waals surface area (Å²) in [5.74, 6) is 0.168. The number of carbonyl (C=O) groups is 1. The van der Waals surface area contributed by atoms with Crippen LogP contribution in [-0.2, 0) is 9.53 Å². The van der Waals surface area contributed by atoms with E-state index in [1.165, 1.54) is 0 Å². The van der Waals surface area contributed by atoms with Crippen LogP contribution in [0.15, 0.2) is 0 Å². The summed E-state index contributed by atoms with van der Waals surface area (Å²) in [6.07, 6.45) is 2.69. The molecule has 100 valence electrons. The normalized spacial score (nSPS) is 31.4. The average Bonchev–Trinajstić information content (AvgIpc) is 2.83. The fraction of sp³-hybridized carbons (Fsp3) is 0.917. The van der Waals surface area contributed by atoms with E-state index in [4.69, 9.17) is 10.5 Å². The molecule has 2 heterocycles. The van der Waals surface area contributed by atoms with Crippen LogP contribution < -0.4 is 5.73 Å². The molecular formula is C12H23ClN2O2. The Kier molecular flexibility index (Phi) is 4.81. The van der Waals surface area contributed by atoms with Crippen molar-refractivity contribution in [1.82, 2.24) is 4.90 Å². The molecule has 1 amide bonds. The second-order valence-corrected chi connectivity index (χ2v) is 5.73. The average molecular weight is 263 g/mol. The number of likely N-dealkylation sites (tertiary alicyclic amines) is 1. The Morgan fingerprint density at radius 1 is 1.47 bits per heavy atom. The lowest BCUT2D eigenvalue weighted by atomic mass is 9.93. The van der Waals surface area contributed by atoms with Gasteiger partial charge in [0.15, 0.2) is 0 Å². The molecule has 0 radical (unpaired) electrons. The van der Waals surface area contributed by atoms with Crippen molar-refractivity contribution in [1.29, 1.82) is 0 Å². The van der Waals surface area contributed by atoms with E-state index in [9.17, 15) is 4.79 Å². The number of nitrogens with two attached hydrogens (primary N) is 1. The third-order valence-electron chi connectivity index (χ3n) is 3.63. The summed E-state index contributed by atoms with van der Waals surface area (Å²) < 4.78 is 5.64. The van der Waals surface area contributed by atoms with Crippen LogP contribution in [0.2, 0.25) is 0 Å². The molecule has 0 aromatic rings. The Bertz CT molecular complexity index is 284. The minimum absolute atomic E-state index is 0. The quantitative estimate of drug-likeness (QED) is 0.813. The molecule has 2 rings (SSSR count). The van der Waals surface area contributed by atoms with E-state index in [1.54, 1.807) is 0 Å². The van der Waals surface area contributed by atoms with E-state index in [0.717, 1.165) is 32.4 Å². The summed E-state index contributed by atoms with van der Waals surface area (Å²) in [6.45, 7) is 6.67. The van der Waals surface area contributed by atoms with Crippen LogP contribution in [0.1, 0.15) is 33.1 Å². The number of ether oxygens (including phenoxy) is 1. The van der Waals surface area contributed by atoms with Crippen molar-refractivity contribution < 1.29 is 9.53 Å². The molecule has 0 saturated carbocycles. The van der Waals surface area contributed by atoms with Crippen LogP contribution in [0.3, 0.4) is 0 Å². The molecule has 17 heavy (non-hydrogen) atoms. The molecule has 0 spiro atoms. The lowest BCUT2D eigenvalue weighted by Gasteiger charge is -2.22. The molecule has 2 N–H and O–H groups in total. The van der Waals surface area contributed by atoms with Gasteiger partial charge in [-0.25, -0.2) is 0 Å². The molecule has 0 aromatic carbocycles. The number of carbonyl (C=O) groups excluding carboxylic acids is 1. The number of hydrogen-bond acceptors (Lipinski definition) is 3. The van der Waals surface area contributed by atoms with Gasteiger partial charge in [-0.2, -0.15) is 0 Å². The zero-order valence-corrected chi connectivity index (χ0v) is 11.5. The lowest BCUT2D eigenvalue weighted by molar-refractivity contribution is -0.142. The number of amides is 1. The third kappa shape index (κ3) is 3.33. The summed E-state index contributed by atoms with van der Waals surface area (Å²) >= 11 is 0. The van der Waals surface area contributed by atoms with Crippen LogP contribution in [0.25, 0.3) is 0 Å². The number of nitrogens with zero attached hydrogens (tertiary/aromatic N) is 1. The lowest BCUT2D eigenvalue weighted by Crippen LogP contribution is -2.39. The molecule has 2 aliphatic rings. The summed E-state index contributed by atoms with van der Waals surface area (Å²) in [7, 11) is 0. The summed E-state index contributed by atoms with van der Waals surface area (Å²) in [5, 5.41) is 0. The van der Waals surface area contributed by atoms with E-state index < -0.39 is 0 Å². The zero-order valence-electron chi connectivity index (χ0n) is 10.6. The predicted octanol–water partition coefficient (Wildman–Crippen LogP) is 1.17. The molecule has 0 aromatic heterocycles. The first-order valence-corrected chi connectivity index (χ1v) is 6.16. The van der Waals surface area contributed by atoms with Crippen LogP contribution in [0.5, 0.6) is 0 Å². The van der Waals surface area contributed by atoms with Crippen molar-refractivity contribution in [2.24, 2.45) is 11.1 Å². The minimum atomic E-state index is -0.234. The van der Waals surface area contributed by atoms with Crippen molar-refractivity contribution in [3.05, 3.63) is 0 Å². The van der Waals surface area contributed by atoms with Crippen molar-refractivity contribution in [3.8, 4) is 0 Å². The van der Waals surface area contributed by atoms with Gasteiger partial charge in [0.2, 0.25) is 0 Å². The Balaban J connectivity index is 0.00000144. The second kappa shape index (κ2) is 5.55.